The van der Waals surface area contributed by atoms with E-state index in [2.05, 4.69) is 5.32 Å². The third-order valence-corrected chi connectivity index (χ3v) is 6.36. The minimum absolute atomic E-state index is 0.0627. The van der Waals surface area contributed by atoms with Gasteiger partial charge in [-0.05, 0) is 35.4 Å². The van der Waals surface area contributed by atoms with Crippen LogP contribution in [0.25, 0.3) is 0 Å². The molecule has 0 radical (unpaired) electrons. The average molecular weight is 429 g/mol. The van der Waals surface area contributed by atoms with Gasteiger partial charge in [-0.2, -0.15) is 4.31 Å². The summed E-state index contributed by atoms with van der Waals surface area (Å²) in [6.45, 7) is 0.111. The molecular weight excluding hydrogens is 408 g/mol. The first-order valence-corrected chi connectivity index (χ1v) is 10.9. The average Bonchev–Trinajstić information content (AvgIpc) is 2.74. The Labute approximate surface area is 176 Å². The van der Waals surface area contributed by atoms with Crippen molar-refractivity contribution in [2.24, 2.45) is 0 Å². The largest absolute Gasteiger partial charge is 0.351 e. The van der Waals surface area contributed by atoms with Crippen molar-refractivity contribution in [2.45, 2.75) is 18.0 Å². The maximum atomic E-state index is 13.1. The van der Waals surface area contributed by atoms with Crippen LogP contribution in [0.4, 0.5) is 0 Å². The van der Waals surface area contributed by atoms with Crippen molar-refractivity contribution in [1.29, 1.82) is 0 Å². The summed E-state index contributed by atoms with van der Waals surface area (Å²) in [6, 6.07) is 24.4. The Hall–Kier alpha value is -2.67. The van der Waals surface area contributed by atoms with E-state index < -0.39 is 10.0 Å². The summed E-state index contributed by atoms with van der Waals surface area (Å²) >= 11 is 5.92. The zero-order valence-corrected chi connectivity index (χ0v) is 17.2. The molecule has 3 aromatic rings. The molecule has 150 valence electrons. The number of halogens is 1. The molecule has 0 aromatic heterocycles. The van der Waals surface area contributed by atoms with Gasteiger partial charge in [-0.15, -0.1) is 0 Å². The van der Waals surface area contributed by atoms with Crippen LogP contribution >= 0.6 is 11.6 Å². The van der Waals surface area contributed by atoms with Gasteiger partial charge in [0, 0.05) is 18.1 Å². The minimum Gasteiger partial charge on any atom is -0.351 e. The standard InChI is InChI=1S/C22H21ClN2O3S/c23-20-13-11-19(12-14-20)16-25(29(27,28)21-9-5-2-6-10-21)17-22(26)24-15-18-7-3-1-4-8-18/h1-14H,15-17H2,(H,24,26). The van der Waals surface area contributed by atoms with Crippen LogP contribution in [0, 0.1) is 0 Å². The Morgan fingerprint density at radius 1 is 0.828 bits per heavy atom. The molecule has 7 heteroatoms. The van der Waals surface area contributed by atoms with Gasteiger partial charge in [0.1, 0.15) is 0 Å². The number of carbonyl (C=O) groups is 1. The molecule has 1 amide bonds. The normalized spacial score (nSPS) is 11.4. The Morgan fingerprint density at radius 3 is 2.03 bits per heavy atom. The smallest absolute Gasteiger partial charge is 0.243 e. The Balaban J connectivity index is 1.78. The Morgan fingerprint density at radius 2 is 1.41 bits per heavy atom. The molecule has 0 atom stereocenters. The minimum atomic E-state index is -3.85. The van der Waals surface area contributed by atoms with Gasteiger partial charge in [0.15, 0.2) is 0 Å². The number of hydrogen-bond acceptors (Lipinski definition) is 3. The highest BCUT2D eigenvalue weighted by Crippen LogP contribution is 2.19. The van der Waals surface area contributed by atoms with E-state index in [1.165, 1.54) is 16.4 Å². The number of benzene rings is 3. The SMILES string of the molecule is O=C(CN(Cc1ccc(Cl)cc1)S(=O)(=O)c1ccccc1)NCc1ccccc1. The van der Waals surface area contributed by atoms with Crippen LogP contribution in [-0.2, 0) is 27.9 Å². The summed E-state index contributed by atoms with van der Waals surface area (Å²) in [5.41, 5.74) is 1.68. The fourth-order valence-corrected chi connectivity index (χ4v) is 4.30. The quantitative estimate of drug-likeness (QED) is 0.592. The van der Waals surface area contributed by atoms with Crippen molar-refractivity contribution < 1.29 is 13.2 Å². The number of nitrogens with one attached hydrogen (secondary N) is 1. The van der Waals surface area contributed by atoms with Gasteiger partial charge in [0.05, 0.1) is 11.4 Å². The third kappa shape index (κ3) is 5.90. The highest BCUT2D eigenvalue weighted by atomic mass is 35.5. The summed E-state index contributed by atoms with van der Waals surface area (Å²) in [7, 11) is -3.85. The van der Waals surface area contributed by atoms with Crippen LogP contribution in [0.2, 0.25) is 5.02 Å². The van der Waals surface area contributed by atoms with Crippen molar-refractivity contribution in [3.05, 3.63) is 101 Å². The molecule has 1 N–H and O–H groups in total. The molecule has 0 spiro atoms. The molecule has 0 aliphatic heterocycles. The van der Waals surface area contributed by atoms with E-state index in [4.69, 9.17) is 11.6 Å². The second kappa shape index (κ2) is 9.69. The summed E-state index contributed by atoms with van der Waals surface area (Å²) in [6.07, 6.45) is 0. The first kappa shape index (κ1) is 21.0. The Kier molecular flexibility index (Phi) is 7.04. The molecular formula is C22H21ClN2O3S. The zero-order chi connectivity index (χ0) is 20.7. The number of amides is 1. The second-order valence-corrected chi connectivity index (χ2v) is 8.85. The van der Waals surface area contributed by atoms with Gasteiger partial charge in [0.25, 0.3) is 0 Å². The maximum Gasteiger partial charge on any atom is 0.243 e. The fraction of sp³-hybridized carbons (Fsp3) is 0.136. The maximum absolute atomic E-state index is 13.1. The number of hydrogen-bond donors (Lipinski definition) is 1. The van der Waals surface area contributed by atoms with Crippen molar-refractivity contribution >= 4 is 27.5 Å². The molecule has 0 saturated carbocycles. The van der Waals surface area contributed by atoms with Gasteiger partial charge in [-0.3, -0.25) is 4.79 Å². The van der Waals surface area contributed by atoms with E-state index >= 15 is 0 Å². The second-order valence-electron chi connectivity index (χ2n) is 6.47. The number of rotatable bonds is 8. The van der Waals surface area contributed by atoms with Gasteiger partial charge >= 0.3 is 0 Å². The molecule has 0 aliphatic rings. The summed E-state index contributed by atoms with van der Waals surface area (Å²) < 4.78 is 27.4. The highest BCUT2D eigenvalue weighted by molar-refractivity contribution is 7.89. The molecule has 0 bridgehead atoms. The molecule has 3 aromatic carbocycles. The molecule has 29 heavy (non-hydrogen) atoms. The number of nitrogens with zero attached hydrogens (tertiary/aromatic N) is 1. The van der Waals surface area contributed by atoms with Crippen molar-refractivity contribution in [3.63, 3.8) is 0 Å². The monoisotopic (exact) mass is 428 g/mol. The topological polar surface area (TPSA) is 66.5 Å². The van der Waals surface area contributed by atoms with Crippen LogP contribution in [-0.4, -0.2) is 25.2 Å². The molecule has 0 saturated heterocycles. The first-order valence-electron chi connectivity index (χ1n) is 9.05. The lowest BCUT2D eigenvalue weighted by atomic mass is 10.2. The molecule has 0 unspecified atom stereocenters. The van der Waals surface area contributed by atoms with Crippen LogP contribution in [0.15, 0.2) is 89.8 Å². The summed E-state index contributed by atoms with van der Waals surface area (Å²) in [4.78, 5) is 12.7. The van der Waals surface area contributed by atoms with Crippen molar-refractivity contribution in [1.82, 2.24) is 9.62 Å². The fourth-order valence-electron chi connectivity index (χ4n) is 2.77. The highest BCUT2D eigenvalue weighted by Gasteiger charge is 2.26. The summed E-state index contributed by atoms with van der Waals surface area (Å²) in [5, 5.41) is 3.34. The predicted octanol–water partition coefficient (Wildman–Crippen LogP) is 3.85. The van der Waals surface area contributed by atoms with E-state index in [9.17, 15) is 13.2 Å². The lowest BCUT2D eigenvalue weighted by molar-refractivity contribution is -0.121. The molecule has 0 heterocycles. The lowest BCUT2D eigenvalue weighted by Crippen LogP contribution is -2.40. The van der Waals surface area contributed by atoms with E-state index in [1.807, 2.05) is 30.3 Å². The van der Waals surface area contributed by atoms with Crippen LogP contribution in [0.5, 0.6) is 0 Å². The Bertz CT molecular complexity index is 1040. The van der Waals surface area contributed by atoms with E-state index in [0.29, 0.717) is 11.6 Å². The first-order chi connectivity index (χ1) is 13.9. The predicted molar refractivity (Wildman–Crippen MR) is 114 cm³/mol. The lowest BCUT2D eigenvalue weighted by Gasteiger charge is -2.22. The van der Waals surface area contributed by atoms with Gasteiger partial charge < -0.3 is 5.32 Å². The molecule has 0 aliphatic carbocycles. The van der Waals surface area contributed by atoms with Crippen LogP contribution < -0.4 is 5.32 Å². The molecule has 5 nitrogen and oxygen atoms in total. The number of carbonyl (C=O) groups excluding carboxylic acids is 1. The van der Waals surface area contributed by atoms with E-state index in [0.717, 1.165) is 11.1 Å². The van der Waals surface area contributed by atoms with Crippen molar-refractivity contribution in [2.75, 3.05) is 6.54 Å². The van der Waals surface area contributed by atoms with E-state index in [1.54, 1.807) is 42.5 Å². The van der Waals surface area contributed by atoms with Gasteiger partial charge in [-0.1, -0.05) is 72.3 Å². The van der Waals surface area contributed by atoms with Gasteiger partial charge in [0.2, 0.25) is 15.9 Å². The van der Waals surface area contributed by atoms with Crippen LogP contribution in [0.1, 0.15) is 11.1 Å². The zero-order valence-electron chi connectivity index (χ0n) is 15.7. The number of sulfonamides is 1. The summed E-state index contributed by atoms with van der Waals surface area (Å²) in [5.74, 6) is -0.373. The molecule has 0 fully saturated rings. The van der Waals surface area contributed by atoms with Crippen molar-refractivity contribution in [3.8, 4) is 0 Å². The third-order valence-electron chi connectivity index (χ3n) is 4.31. The van der Waals surface area contributed by atoms with Gasteiger partial charge in [-0.25, -0.2) is 8.42 Å². The van der Waals surface area contributed by atoms with E-state index in [-0.39, 0.29) is 23.9 Å². The molecule has 3 rings (SSSR count). The van der Waals surface area contributed by atoms with Crippen LogP contribution in [0.3, 0.4) is 0 Å².